The lowest BCUT2D eigenvalue weighted by atomic mass is 10.0. The molecule has 1 amide bonds. The van der Waals surface area contributed by atoms with Gasteiger partial charge in [-0.25, -0.2) is 0 Å². The van der Waals surface area contributed by atoms with Gasteiger partial charge in [0.1, 0.15) is 0 Å². The smallest absolute Gasteiger partial charge is 0.244 e. The number of carbonyl (C=O) groups excluding carboxylic acids is 1. The van der Waals surface area contributed by atoms with Gasteiger partial charge in [0, 0.05) is 11.0 Å². The maximum absolute atomic E-state index is 12.7. The van der Waals surface area contributed by atoms with Gasteiger partial charge < -0.3 is 19.5 Å². The van der Waals surface area contributed by atoms with E-state index in [1.165, 1.54) is 11.6 Å². The first-order valence-corrected chi connectivity index (χ1v) is 10.3. The van der Waals surface area contributed by atoms with E-state index in [1.807, 2.05) is 48.7 Å². The van der Waals surface area contributed by atoms with E-state index in [0.29, 0.717) is 17.2 Å². The molecule has 0 bridgehead atoms. The monoisotopic (exact) mass is 423 g/mol. The van der Waals surface area contributed by atoms with Gasteiger partial charge in [-0.3, -0.25) is 4.79 Å². The van der Waals surface area contributed by atoms with Crippen LogP contribution >= 0.6 is 11.3 Å². The van der Waals surface area contributed by atoms with Gasteiger partial charge in [0.05, 0.1) is 27.4 Å². The molecule has 1 N–H and O–H groups in total. The summed E-state index contributed by atoms with van der Waals surface area (Å²) in [6, 6.07) is 15.6. The number of amides is 1. The Bertz CT molecular complexity index is 985. The minimum absolute atomic E-state index is 0.192. The van der Waals surface area contributed by atoms with Gasteiger partial charge in [-0.05, 0) is 47.7 Å². The van der Waals surface area contributed by atoms with Crippen LogP contribution in [0.1, 0.15) is 27.6 Å². The number of thiophene rings is 1. The maximum Gasteiger partial charge on any atom is 0.244 e. The Kier molecular flexibility index (Phi) is 7.14. The highest BCUT2D eigenvalue weighted by molar-refractivity contribution is 7.10. The van der Waals surface area contributed by atoms with Gasteiger partial charge >= 0.3 is 0 Å². The summed E-state index contributed by atoms with van der Waals surface area (Å²) >= 11 is 1.61. The average molecular weight is 424 g/mol. The highest BCUT2D eigenvalue weighted by atomic mass is 32.1. The SMILES string of the molecule is COc1cc(/C=C/C(=O)N[C@H](c2ccc(C)cc2)c2cccs2)cc(OC)c1OC. The molecule has 0 aliphatic carbocycles. The van der Waals surface area contributed by atoms with Crippen molar-refractivity contribution in [2.45, 2.75) is 13.0 Å². The second kappa shape index (κ2) is 9.98. The second-order valence-corrected chi connectivity index (χ2v) is 7.64. The van der Waals surface area contributed by atoms with E-state index in [9.17, 15) is 4.79 Å². The van der Waals surface area contributed by atoms with Crippen molar-refractivity contribution in [2.75, 3.05) is 21.3 Å². The van der Waals surface area contributed by atoms with Crippen LogP contribution in [0, 0.1) is 6.92 Å². The van der Waals surface area contributed by atoms with Crippen molar-refractivity contribution >= 4 is 23.3 Å². The normalized spacial score (nSPS) is 11.9. The van der Waals surface area contributed by atoms with Gasteiger partial charge in [0.25, 0.3) is 0 Å². The van der Waals surface area contributed by atoms with Gasteiger partial charge in [0.2, 0.25) is 11.7 Å². The zero-order chi connectivity index (χ0) is 21.5. The topological polar surface area (TPSA) is 56.8 Å². The molecule has 1 heterocycles. The molecule has 0 radical (unpaired) electrons. The lowest BCUT2D eigenvalue weighted by molar-refractivity contribution is -0.116. The predicted octanol–water partition coefficient (Wildman–Crippen LogP) is 5.00. The Labute approximate surface area is 180 Å². The van der Waals surface area contributed by atoms with Crippen molar-refractivity contribution in [3.63, 3.8) is 0 Å². The standard InChI is InChI=1S/C24H25NO4S/c1-16-7-10-18(11-8-16)23(21-6-5-13-30-21)25-22(26)12-9-17-14-19(27-2)24(29-4)20(15-17)28-3/h5-15,23H,1-4H3,(H,25,26)/b12-9+/t23-/m1/s1. The van der Waals surface area contributed by atoms with E-state index in [4.69, 9.17) is 14.2 Å². The van der Waals surface area contributed by atoms with E-state index in [2.05, 4.69) is 5.32 Å². The minimum atomic E-state index is -0.206. The number of hydrogen-bond donors (Lipinski definition) is 1. The van der Waals surface area contributed by atoms with Crippen molar-refractivity contribution in [3.05, 3.63) is 81.6 Å². The summed E-state index contributed by atoms with van der Waals surface area (Å²) in [5, 5.41) is 5.11. The van der Waals surface area contributed by atoms with Crippen LogP contribution in [-0.4, -0.2) is 27.2 Å². The predicted molar refractivity (Wildman–Crippen MR) is 121 cm³/mol. The van der Waals surface area contributed by atoms with Crippen LogP contribution in [0.4, 0.5) is 0 Å². The largest absolute Gasteiger partial charge is 0.493 e. The summed E-state index contributed by atoms with van der Waals surface area (Å²) in [7, 11) is 4.68. The van der Waals surface area contributed by atoms with Crippen LogP contribution in [0.15, 0.2) is 60.0 Å². The Morgan fingerprint density at radius 1 is 1.00 bits per heavy atom. The first-order chi connectivity index (χ1) is 14.5. The van der Waals surface area contributed by atoms with E-state index < -0.39 is 0 Å². The van der Waals surface area contributed by atoms with Crippen molar-refractivity contribution in [3.8, 4) is 17.2 Å². The van der Waals surface area contributed by atoms with Crippen LogP contribution in [0.25, 0.3) is 6.08 Å². The van der Waals surface area contributed by atoms with E-state index in [0.717, 1.165) is 16.0 Å². The fourth-order valence-electron chi connectivity index (χ4n) is 3.09. The Balaban J connectivity index is 1.82. The Morgan fingerprint density at radius 2 is 1.67 bits per heavy atom. The molecule has 1 atom stereocenters. The molecule has 2 aromatic carbocycles. The molecule has 0 spiro atoms. The minimum Gasteiger partial charge on any atom is -0.493 e. The zero-order valence-corrected chi connectivity index (χ0v) is 18.3. The first-order valence-electron chi connectivity index (χ1n) is 9.44. The number of carbonyl (C=O) groups is 1. The van der Waals surface area contributed by atoms with Gasteiger partial charge in [-0.1, -0.05) is 35.9 Å². The summed E-state index contributed by atoms with van der Waals surface area (Å²) in [5.74, 6) is 1.39. The van der Waals surface area contributed by atoms with Crippen LogP contribution in [0.5, 0.6) is 17.2 Å². The van der Waals surface area contributed by atoms with Crippen LogP contribution in [0.2, 0.25) is 0 Å². The third kappa shape index (κ3) is 5.02. The number of nitrogens with one attached hydrogen (secondary N) is 1. The molecule has 1 aromatic heterocycles. The average Bonchev–Trinajstić information content (AvgIpc) is 3.30. The van der Waals surface area contributed by atoms with Gasteiger partial charge in [-0.2, -0.15) is 0 Å². The highest BCUT2D eigenvalue weighted by Gasteiger charge is 2.17. The fourth-order valence-corrected chi connectivity index (χ4v) is 3.90. The van der Waals surface area contributed by atoms with Crippen LogP contribution in [-0.2, 0) is 4.79 Å². The summed E-state index contributed by atoms with van der Waals surface area (Å²) in [6.07, 6.45) is 3.23. The number of methoxy groups -OCH3 is 3. The first kappa shape index (κ1) is 21.5. The molecule has 5 nitrogen and oxygen atoms in total. The molecule has 156 valence electrons. The molecule has 0 aliphatic rings. The zero-order valence-electron chi connectivity index (χ0n) is 17.5. The van der Waals surface area contributed by atoms with E-state index >= 15 is 0 Å². The quantitative estimate of drug-likeness (QED) is 0.518. The van der Waals surface area contributed by atoms with Gasteiger partial charge in [-0.15, -0.1) is 11.3 Å². The van der Waals surface area contributed by atoms with Crippen molar-refractivity contribution < 1.29 is 19.0 Å². The maximum atomic E-state index is 12.7. The molecule has 0 unspecified atom stereocenters. The Hall–Kier alpha value is -3.25. The summed E-state index contributed by atoms with van der Waals surface area (Å²) < 4.78 is 16.1. The van der Waals surface area contributed by atoms with Crippen LogP contribution in [0.3, 0.4) is 0 Å². The lowest BCUT2D eigenvalue weighted by Gasteiger charge is -2.17. The van der Waals surface area contributed by atoms with Crippen molar-refractivity contribution in [1.29, 1.82) is 0 Å². The fraction of sp³-hybridized carbons (Fsp3) is 0.208. The number of benzene rings is 2. The summed E-state index contributed by atoms with van der Waals surface area (Å²) in [6.45, 7) is 2.04. The molecule has 0 saturated heterocycles. The number of aryl methyl sites for hydroxylation is 1. The lowest BCUT2D eigenvalue weighted by Crippen LogP contribution is -2.27. The number of hydrogen-bond acceptors (Lipinski definition) is 5. The molecular formula is C24H25NO4S. The molecule has 6 heteroatoms. The Morgan fingerprint density at radius 3 is 2.20 bits per heavy atom. The number of rotatable bonds is 8. The third-order valence-electron chi connectivity index (χ3n) is 4.64. The summed E-state index contributed by atoms with van der Waals surface area (Å²) in [5.41, 5.74) is 2.98. The molecule has 3 rings (SSSR count). The molecule has 0 saturated carbocycles. The molecule has 0 aliphatic heterocycles. The molecule has 30 heavy (non-hydrogen) atoms. The molecule has 3 aromatic rings. The van der Waals surface area contributed by atoms with Crippen molar-refractivity contribution in [1.82, 2.24) is 5.32 Å². The number of ether oxygens (including phenoxy) is 3. The van der Waals surface area contributed by atoms with Crippen molar-refractivity contribution in [2.24, 2.45) is 0 Å². The molecule has 0 fully saturated rings. The van der Waals surface area contributed by atoms with E-state index in [1.54, 1.807) is 50.9 Å². The van der Waals surface area contributed by atoms with E-state index in [-0.39, 0.29) is 11.9 Å². The highest BCUT2D eigenvalue weighted by Crippen LogP contribution is 2.38. The summed E-state index contributed by atoms with van der Waals surface area (Å²) in [4.78, 5) is 13.8. The molecular weight excluding hydrogens is 398 g/mol. The van der Waals surface area contributed by atoms with Gasteiger partial charge in [0.15, 0.2) is 11.5 Å². The third-order valence-corrected chi connectivity index (χ3v) is 5.58. The van der Waals surface area contributed by atoms with Crippen LogP contribution < -0.4 is 19.5 Å². The second-order valence-electron chi connectivity index (χ2n) is 6.66.